The number of likely N-dealkylation sites (tertiary alicyclic amines) is 1. The number of carbonyl (C=O) groups excluding carboxylic acids is 1. The highest BCUT2D eigenvalue weighted by molar-refractivity contribution is 6.22. The van der Waals surface area contributed by atoms with E-state index in [1.54, 1.807) is 12.1 Å². The van der Waals surface area contributed by atoms with Gasteiger partial charge in [-0.25, -0.2) is 9.69 Å². The van der Waals surface area contributed by atoms with Gasteiger partial charge in [-0.05, 0) is 106 Å². The van der Waals surface area contributed by atoms with Crippen molar-refractivity contribution in [2.45, 2.75) is 64.5 Å². The average molecular weight is 547 g/mol. The smallest absolute Gasteiger partial charge is 0.325 e. The first-order chi connectivity index (χ1) is 19.2. The first-order valence-corrected chi connectivity index (χ1v) is 14.5. The van der Waals surface area contributed by atoms with Crippen LogP contribution in [0.4, 0.5) is 10.5 Å². The van der Waals surface area contributed by atoms with E-state index in [9.17, 15) is 15.0 Å². The maximum Gasteiger partial charge on any atom is 0.325 e. The summed E-state index contributed by atoms with van der Waals surface area (Å²) < 4.78 is 2.26. The van der Waals surface area contributed by atoms with E-state index in [4.69, 9.17) is 11.1 Å². The van der Waals surface area contributed by atoms with E-state index in [1.165, 1.54) is 44.8 Å². The van der Waals surface area contributed by atoms with Crippen molar-refractivity contribution in [3.63, 3.8) is 0 Å². The molecule has 0 radical (unpaired) electrons. The van der Waals surface area contributed by atoms with Crippen LogP contribution in [0, 0.1) is 11.3 Å². The molecule has 5 rings (SSSR count). The molecule has 2 amide bonds. The van der Waals surface area contributed by atoms with Crippen molar-refractivity contribution in [3.05, 3.63) is 53.7 Å². The number of nitrogens with two attached hydrogens (primary N) is 1. The molecule has 0 aliphatic carbocycles. The predicted molar refractivity (Wildman–Crippen MR) is 159 cm³/mol. The number of carbonyl (C=O) groups is 1. The fraction of sp³-hybridized carbons (Fsp3) is 0.484. The lowest BCUT2D eigenvalue weighted by Gasteiger charge is -2.39. The summed E-state index contributed by atoms with van der Waals surface area (Å²) >= 11 is 0. The number of anilines is 1. The Morgan fingerprint density at radius 3 is 2.48 bits per heavy atom. The molecule has 9 nitrogen and oxygen atoms in total. The molecule has 0 saturated carbocycles. The zero-order valence-corrected chi connectivity index (χ0v) is 23.6. The summed E-state index contributed by atoms with van der Waals surface area (Å²) in [6, 6.07) is 10.3. The SMILES string of the molecule is CC(C)c1cc(C(=N)N(C(N)=O)c2ccc3c(ccn3CCC3CCN(C4CCNCC4)CC3)c2)c(O)cc1O. The third-order valence-corrected chi connectivity index (χ3v) is 8.73. The van der Waals surface area contributed by atoms with Gasteiger partial charge in [0.15, 0.2) is 0 Å². The van der Waals surface area contributed by atoms with Crippen LogP contribution in [0.15, 0.2) is 42.6 Å². The van der Waals surface area contributed by atoms with Gasteiger partial charge in [-0.1, -0.05) is 13.8 Å². The predicted octanol–water partition coefficient (Wildman–Crippen LogP) is 4.94. The van der Waals surface area contributed by atoms with Crippen LogP contribution in [0.5, 0.6) is 11.5 Å². The van der Waals surface area contributed by atoms with Gasteiger partial charge in [-0.15, -0.1) is 0 Å². The molecule has 2 aromatic carbocycles. The number of urea groups is 1. The topological polar surface area (TPSA) is 131 Å². The van der Waals surface area contributed by atoms with Crippen LogP contribution in [0.25, 0.3) is 10.9 Å². The second-order valence-corrected chi connectivity index (χ2v) is 11.6. The summed E-state index contributed by atoms with van der Waals surface area (Å²) in [6.07, 6.45) is 8.27. The number of fused-ring (bicyclic) bond motifs is 1. The van der Waals surface area contributed by atoms with E-state index in [1.807, 2.05) is 32.0 Å². The summed E-state index contributed by atoms with van der Waals surface area (Å²) in [5.74, 6) is 0.111. The van der Waals surface area contributed by atoms with Crippen LogP contribution in [0.2, 0.25) is 0 Å². The number of aromatic nitrogens is 1. The minimum Gasteiger partial charge on any atom is -0.508 e. The van der Waals surface area contributed by atoms with Crippen molar-refractivity contribution in [3.8, 4) is 11.5 Å². The number of phenolic OH excluding ortho intramolecular Hbond substituents is 2. The number of hydrogen-bond acceptors (Lipinski definition) is 6. The molecule has 2 aliphatic heterocycles. The van der Waals surface area contributed by atoms with E-state index in [-0.39, 0.29) is 28.8 Å². The van der Waals surface area contributed by atoms with Crippen LogP contribution >= 0.6 is 0 Å². The summed E-state index contributed by atoms with van der Waals surface area (Å²) in [5.41, 5.74) is 7.95. The lowest BCUT2D eigenvalue weighted by molar-refractivity contribution is 0.107. The van der Waals surface area contributed by atoms with Gasteiger partial charge in [0, 0.05) is 35.8 Å². The molecular formula is C31H42N6O3. The fourth-order valence-electron chi connectivity index (χ4n) is 6.35. The van der Waals surface area contributed by atoms with Gasteiger partial charge in [0.05, 0.1) is 11.3 Å². The number of hydrogen-bond donors (Lipinski definition) is 5. The molecule has 2 aliphatic rings. The number of aryl methyl sites for hydroxylation is 1. The number of aromatic hydroxyl groups is 2. The first-order valence-electron chi connectivity index (χ1n) is 14.5. The van der Waals surface area contributed by atoms with Crippen molar-refractivity contribution in [2.75, 3.05) is 31.1 Å². The Balaban J connectivity index is 1.27. The zero-order chi connectivity index (χ0) is 28.4. The molecular weight excluding hydrogens is 504 g/mol. The van der Waals surface area contributed by atoms with Crippen LogP contribution in [0.1, 0.15) is 63.0 Å². The van der Waals surface area contributed by atoms with Gasteiger partial charge in [0.2, 0.25) is 0 Å². The van der Waals surface area contributed by atoms with Crippen LogP contribution in [-0.2, 0) is 6.54 Å². The molecule has 0 spiro atoms. The largest absolute Gasteiger partial charge is 0.508 e. The lowest BCUT2D eigenvalue weighted by Crippen LogP contribution is -2.46. The highest BCUT2D eigenvalue weighted by Gasteiger charge is 2.27. The molecule has 2 fully saturated rings. The molecule has 9 heteroatoms. The number of amidine groups is 1. The Morgan fingerprint density at radius 1 is 1.07 bits per heavy atom. The molecule has 214 valence electrons. The Kier molecular flexibility index (Phi) is 8.32. The van der Waals surface area contributed by atoms with Gasteiger partial charge >= 0.3 is 6.03 Å². The summed E-state index contributed by atoms with van der Waals surface area (Å²) in [7, 11) is 0. The van der Waals surface area contributed by atoms with Crippen LogP contribution in [0.3, 0.4) is 0 Å². The first kappa shape index (κ1) is 28.0. The number of nitrogens with zero attached hydrogens (tertiary/aromatic N) is 3. The quantitative estimate of drug-likeness (QED) is 0.212. The molecule has 3 aromatic rings. The summed E-state index contributed by atoms with van der Waals surface area (Å²) in [4.78, 5) is 16.3. The van der Waals surface area contributed by atoms with E-state index < -0.39 is 6.03 Å². The minimum absolute atomic E-state index is 0.0349. The molecule has 6 N–H and O–H groups in total. The summed E-state index contributed by atoms with van der Waals surface area (Å²) in [5, 5.41) is 33.9. The molecule has 0 unspecified atom stereocenters. The van der Waals surface area contributed by atoms with Gasteiger partial charge in [-0.2, -0.15) is 0 Å². The lowest BCUT2D eigenvalue weighted by atomic mass is 9.91. The number of phenols is 2. The van der Waals surface area contributed by atoms with Crippen molar-refractivity contribution in [1.82, 2.24) is 14.8 Å². The maximum atomic E-state index is 12.5. The number of piperidine rings is 2. The molecule has 2 saturated heterocycles. The Hall–Kier alpha value is -3.56. The number of benzene rings is 2. The third kappa shape index (κ3) is 5.81. The second kappa shape index (κ2) is 11.9. The van der Waals surface area contributed by atoms with Crippen molar-refractivity contribution < 1.29 is 15.0 Å². The van der Waals surface area contributed by atoms with E-state index in [0.29, 0.717) is 11.3 Å². The number of rotatable bonds is 7. The van der Waals surface area contributed by atoms with Crippen LogP contribution < -0.4 is 16.0 Å². The van der Waals surface area contributed by atoms with E-state index in [0.717, 1.165) is 53.8 Å². The Labute approximate surface area is 236 Å². The second-order valence-electron chi connectivity index (χ2n) is 11.6. The average Bonchev–Trinajstić information content (AvgIpc) is 3.34. The highest BCUT2D eigenvalue weighted by atomic mass is 16.3. The van der Waals surface area contributed by atoms with Gasteiger partial charge in [-0.3, -0.25) is 5.41 Å². The summed E-state index contributed by atoms with van der Waals surface area (Å²) in [6.45, 7) is 9.44. The number of primary amides is 1. The normalized spacial score (nSPS) is 17.5. The van der Waals surface area contributed by atoms with E-state index >= 15 is 0 Å². The molecule has 0 atom stereocenters. The molecule has 1 aromatic heterocycles. The molecule has 3 heterocycles. The zero-order valence-electron chi connectivity index (χ0n) is 23.6. The Bertz CT molecular complexity index is 1370. The van der Waals surface area contributed by atoms with Crippen LogP contribution in [-0.4, -0.2) is 63.8 Å². The number of amides is 2. The fourth-order valence-corrected chi connectivity index (χ4v) is 6.35. The highest BCUT2D eigenvalue weighted by Crippen LogP contribution is 2.34. The van der Waals surface area contributed by atoms with Gasteiger partial charge in [0.1, 0.15) is 17.3 Å². The minimum atomic E-state index is -0.821. The standard InChI is InChI=1S/C31H42N6O3/c1-20(2)25-18-26(29(39)19-28(25)38)30(32)37(31(33)40)24-3-4-27-22(17-24)10-16-36(27)15-9-21-7-13-35(14-8-21)23-5-11-34-12-6-23/h3-4,10,16-21,23,32,34,38-39H,5-9,11-15H2,1-2H3,(H2,33,40). The Morgan fingerprint density at radius 2 is 1.80 bits per heavy atom. The van der Waals surface area contributed by atoms with Gasteiger partial charge < -0.3 is 30.7 Å². The molecule has 0 bridgehead atoms. The van der Waals surface area contributed by atoms with Crippen molar-refractivity contribution in [2.24, 2.45) is 11.7 Å². The molecule has 40 heavy (non-hydrogen) atoms. The maximum absolute atomic E-state index is 12.5. The van der Waals surface area contributed by atoms with Gasteiger partial charge in [0.25, 0.3) is 0 Å². The third-order valence-electron chi connectivity index (χ3n) is 8.73. The number of nitrogens with one attached hydrogen (secondary N) is 2. The van der Waals surface area contributed by atoms with Crippen molar-refractivity contribution in [1.29, 1.82) is 5.41 Å². The van der Waals surface area contributed by atoms with Crippen molar-refractivity contribution >= 4 is 28.5 Å². The van der Waals surface area contributed by atoms with E-state index in [2.05, 4.69) is 21.0 Å². The monoisotopic (exact) mass is 546 g/mol.